The average Bonchev–Trinajstić information content (AvgIpc) is 2.25. The normalized spacial score (nSPS) is 13.5. The number of aliphatic hydroxyl groups excluding tert-OH is 1. The van der Waals surface area contributed by atoms with Crippen LogP contribution >= 0.6 is 7.60 Å². The van der Waals surface area contributed by atoms with Crippen molar-refractivity contribution in [3.63, 3.8) is 0 Å². The van der Waals surface area contributed by atoms with Crippen molar-refractivity contribution in [2.75, 3.05) is 12.3 Å². The molecule has 0 spiro atoms. The first-order chi connectivity index (χ1) is 8.30. The topological polar surface area (TPSA) is 148 Å². The minimum absolute atomic E-state index is 0.108. The summed E-state index contributed by atoms with van der Waals surface area (Å²) >= 11 is 0. The number of nitrogen functional groups attached to an aromatic ring is 1. The molecule has 102 valence electrons. The Kier molecular flexibility index (Phi) is 5.00. The van der Waals surface area contributed by atoms with Crippen molar-refractivity contribution in [2.45, 2.75) is 19.0 Å². The zero-order chi connectivity index (χ0) is 13.8. The van der Waals surface area contributed by atoms with Gasteiger partial charge in [0.15, 0.2) is 0 Å². The predicted octanol–water partition coefficient (Wildman–Crippen LogP) is -1.31. The smallest absolute Gasteiger partial charge is 0.381 e. The van der Waals surface area contributed by atoms with E-state index in [-0.39, 0.29) is 25.4 Å². The molecule has 0 aromatic carbocycles. The van der Waals surface area contributed by atoms with E-state index in [2.05, 4.69) is 9.72 Å². The van der Waals surface area contributed by atoms with Gasteiger partial charge < -0.3 is 25.4 Å². The molecule has 0 aliphatic rings. The third kappa shape index (κ3) is 4.55. The summed E-state index contributed by atoms with van der Waals surface area (Å²) < 4.78 is 16.3. The second kappa shape index (κ2) is 6.07. The molecule has 1 aromatic rings. The van der Waals surface area contributed by atoms with Crippen LogP contribution in [-0.4, -0.2) is 37.1 Å². The summed E-state index contributed by atoms with van der Waals surface area (Å²) in [5.41, 5.74) is 4.78. The number of nitrogens with two attached hydrogens (primary N) is 1. The van der Waals surface area contributed by atoms with Gasteiger partial charge in [-0.2, -0.15) is 4.98 Å². The first-order valence-corrected chi connectivity index (χ1v) is 6.66. The maximum atomic E-state index is 11.3. The molecule has 0 saturated carbocycles. The Morgan fingerprint density at radius 2 is 2.22 bits per heavy atom. The van der Waals surface area contributed by atoms with Crippen molar-refractivity contribution in [2.24, 2.45) is 0 Å². The highest BCUT2D eigenvalue weighted by Crippen LogP contribution is 2.39. The number of aromatic nitrogens is 2. The fraction of sp³-hybridized carbons (Fsp3) is 0.500. The van der Waals surface area contributed by atoms with E-state index in [9.17, 15) is 9.36 Å². The monoisotopic (exact) mass is 279 g/mol. The lowest BCUT2D eigenvalue weighted by atomic mass is 10.4. The van der Waals surface area contributed by atoms with Crippen LogP contribution in [0.2, 0.25) is 0 Å². The second-order valence-electron chi connectivity index (χ2n) is 3.47. The van der Waals surface area contributed by atoms with Crippen LogP contribution in [0.5, 0.6) is 0 Å². The number of nitrogens with zero attached hydrogens (tertiary/aromatic N) is 2. The van der Waals surface area contributed by atoms with Crippen LogP contribution in [0.15, 0.2) is 17.1 Å². The van der Waals surface area contributed by atoms with Gasteiger partial charge in [0.2, 0.25) is 0 Å². The Balaban J connectivity index is 2.39. The predicted molar refractivity (Wildman–Crippen MR) is 61.5 cm³/mol. The molecule has 5 N–H and O–H groups in total. The summed E-state index contributed by atoms with van der Waals surface area (Å²) in [6.45, 7) is 0.128. The highest BCUT2D eigenvalue weighted by molar-refractivity contribution is 7.52. The molecule has 0 unspecified atom stereocenters. The minimum Gasteiger partial charge on any atom is -0.383 e. The Bertz CT molecular complexity index is 498. The number of ether oxygens (including phenoxy) is 1. The van der Waals surface area contributed by atoms with Crippen molar-refractivity contribution in [3.8, 4) is 0 Å². The Hall–Kier alpha value is -1.25. The van der Waals surface area contributed by atoms with Gasteiger partial charge in [-0.1, -0.05) is 0 Å². The first-order valence-electron chi connectivity index (χ1n) is 4.98. The van der Waals surface area contributed by atoms with Gasteiger partial charge in [0.1, 0.15) is 5.82 Å². The number of aliphatic hydroxyl groups is 1. The molecule has 0 saturated heterocycles. The van der Waals surface area contributed by atoms with E-state index in [1.54, 1.807) is 0 Å². The Labute approximate surface area is 102 Å². The number of hydrogen-bond donors (Lipinski definition) is 4. The lowest BCUT2D eigenvalue weighted by molar-refractivity contribution is -0.0564. The van der Waals surface area contributed by atoms with Crippen molar-refractivity contribution < 1.29 is 24.2 Å². The van der Waals surface area contributed by atoms with Gasteiger partial charge in [0, 0.05) is 12.7 Å². The summed E-state index contributed by atoms with van der Waals surface area (Å²) in [5, 5.41) is 8.89. The summed E-state index contributed by atoms with van der Waals surface area (Å²) in [5.74, 6) is 0.115. The second-order valence-corrected chi connectivity index (χ2v) is 5.09. The lowest BCUT2D eigenvalue weighted by Gasteiger charge is -2.13. The summed E-state index contributed by atoms with van der Waals surface area (Å²) in [4.78, 5) is 31.9. The molecule has 1 atom stereocenters. The Morgan fingerprint density at radius 1 is 1.56 bits per heavy atom. The number of rotatable bonds is 6. The lowest BCUT2D eigenvalue weighted by Crippen LogP contribution is -2.24. The van der Waals surface area contributed by atoms with Crippen molar-refractivity contribution >= 4 is 13.4 Å². The molecule has 18 heavy (non-hydrogen) atoms. The molecule has 0 fully saturated rings. The van der Waals surface area contributed by atoms with Crippen LogP contribution in [0.3, 0.4) is 0 Å². The third-order valence-electron chi connectivity index (χ3n) is 1.99. The zero-order valence-electron chi connectivity index (χ0n) is 9.34. The molecule has 0 radical (unpaired) electrons. The molecule has 0 aliphatic carbocycles. The molecule has 10 heteroatoms. The minimum atomic E-state index is -4.65. The quantitative estimate of drug-likeness (QED) is 0.285. The molecular formula is C8H14N3O6P. The first kappa shape index (κ1) is 14.8. The maximum Gasteiger partial charge on any atom is 0.381 e. The highest BCUT2D eigenvalue weighted by atomic mass is 31.2. The van der Waals surface area contributed by atoms with E-state index >= 15 is 0 Å². The van der Waals surface area contributed by atoms with Gasteiger partial charge in [-0.15, -0.1) is 0 Å². The van der Waals surface area contributed by atoms with E-state index in [4.69, 9.17) is 20.6 Å². The highest BCUT2D eigenvalue weighted by Gasteiger charge is 2.26. The van der Waals surface area contributed by atoms with Gasteiger partial charge in [-0.3, -0.25) is 9.13 Å². The van der Waals surface area contributed by atoms with E-state index in [1.807, 2.05) is 0 Å². The Morgan fingerprint density at radius 3 is 2.78 bits per heavy atom. The van der Waals surface area contributed by atoms with Crippen LogP contribution in [0.1, 0.15) is 6.42 Å². The molecule has 1 aromatic heterocycles. The molecule has 0 aliphatic heterocycles. The van der Waals surface area contributed by atoms with Gasteiger partial charge in [0.25, 0.3) is 6.03 Å². The SMILES string of the molecule is Nc1ccn(CCCO[C@H](O)P(=O)(O)O)c(=O)n1. The largest absolute Gasteiger partial charge is 0.383 e. The van der Waals surface area contributed by atoms with E-state index in [0.717, 1.165) is 0 Å². The summed E-state index contributed by atoms with van der Waals surface area (Å²) in [6, 6.07) is -0.689. The zero-order valence-corrected chi connectivity index (χ0v) is 10.2. The number of hydrogen-bond acceptors (Lipinski definition) is 6. The molecule has 0 bridgehead atoms. The molecule has 0 amide bonds. The van der Waals surface area contributed by atoms with Gasteiger partial charge in [-0.05, 0) is 12.5 Å². The van der Waals surface area contributed by atoms with Crippen molar-refractivity contribution in [1.29, 1.82) is 0 Å². The molecule has 1 heterocycles. The van der Waals surface area contributed by atoms with Gasteiger partial charge >= 0.3 is 13.3 Å². The maximum absolute atomic E-state index is 11.3. The number of aryl methyl sites for hydroxylation is 1. The van der Waals surface area contributed by atoms with Crippen molar-refractivity contribution in [1.82, 2.24) is 9.55 Å². The van der Waals surface area contributed by atoms with Crippen LogP contribution < -0.4 is 11.4 Å². The third-order valence-corrected chi connectivity index (χ3v) is 2.72. The van der Waals surface area contributed by atoms with Crippen LogP contribution in [0.25, 0.3) is 0 Å². The van der Waals surface area contributed by atoms with Crippen molar-refractivity contribution in [3.05, 3.63) is 22.7 Å². The average molecular weight is 279 g/mol. The number of anilines is 1. The van der Waals surface area contributed by atoms with Gasteiger partial charge in [0.05, 0.1) is 6.61 Å². The van der Waals surface area contributed by atoms with E-state index < -0.39 is 19.3 Å². The van der Waals surface area contributed by atoms with E-state index in [0.29, 0.717) is 0 Å². The van der Waals surface area contributed by atoms with Crippen LogP contribution in [0, 0.1) is 0 Å². The summed E-state index contributed by atoms with van der Waals surface area (Å²) in [6.07, 6.45) is 1.73. The molecule has 1 rings (SSSR count). The summed E-state index contributed by atoms with van der Waals surface area (Å²) in [7, 11) is -4.65. The van der Waals surface area contributed by atoms with E-state index in [1.165, 1.54) is 16.8 Å². The fourth-order valence-corrected chi connectivity index (χ4v) is 1.43. The van der Waals surface area contributed by atoms with Gasteiger partial charge in [-0.25, -0.2) is 4.79 Å². The van der Waals surface area contributed by atoms with Crippen LogP contribution in [0.4, 0.5) is 5.82 Å². The van der Waals surface area contributed by atoms with Crippen LogP contribution in [-0.2, 0) is 15.8 Å². The molecular weight excluding hydrogens is 265 g/mol. The molecule has 9 nitrogen and oxygen atoms in total. The standard InChI is InChI=1S/C8H14N3O6P/c9-6-2-4-11(7(12)10-6)3-1-5-17-8(13)18(14,15)16/h2,4,8,13H,1,3,5H2,(H2,9,10,12)(H2,14,15,16)/t8-/m0/s1. The fourth-order valence-electron chi connectivity index (χ4n) is 1.13.